The highest BCUT2D eigenvalue weighted by Gasteiger charge is 2.32. The molecular weight excluding hydrogens is 270 g/mol. The van der Waals surface area contributed by atoms with Crippen molar-refractivity contribution in [3.8, 4) is 11.5 Å². The molecule has 1 fully saturated rings. The van der Waals surface area contributed by atoms with Crippen LogP contribution in [0.5, 0.6) is 11.5 Å². The van der Waals surface area contributed by atoms with E-state index in [-0.39, 0.29) is 6.10 Å². The van der Waals surface area contributed by atoms with Gasteiger partial charge in [-0.15, -0.1) is 0 Å². The van der Waals surface area contributed by atoms with Crippen LogP contribution in [0.15, 0.2) is 18.2 Å². The van der Waals surface area contributed by atoms with E-state index in [4.69, 9.17) is 18.9 Å². The van der Waals surface area contributed by atoms with E-state index in [1.807, 2.05) is 12.1 Å². The van der Waals surface area contributed by atoms with Crippen LogP contribution in [0.4, 0.5) is 0 Å². The summed E-state index contributed by atoms with van der Waals surface area (Å²) in [5.41, 5.74) is 1.12. The second kappa shape index (κ2) is 7.64. The summed E-state index contributed by atoms with van der Waals surface area (Å²) in [5, 5.41) is 0. The molecule has 0 bridgehead atoms. The number of hydrogen-bond acceptors (Lipinski definition) is 5. The summed E-state index contributed by atoms with van der Waals surface area (Å²) in [6.45, 7) is 2.42. The highest BCUT2D eigenvalue weighted by molar-refractivity contribution is 5.46. The van der Waals surface area contributed by atoms with Crippen LogP contribution in [-0.2, 0) is 16.0 Å². The predicted molar refractivity (Wildman–Crippen MR) is 81.0 cm³/mol. The quantitative estimate of drug-likeness (QED) is 0.769. The van der Waals surface area contributed by atoms with E-state index >= 15 is 0 Å². The normalized spacial score (nSPS) is 22.5. The van der Waals surface area contributed by atoms with E-state index in [1.165, 1.54) is 0 Å². The Morgan fingerprint density at radius 3 is 2.57 bits per heavy atom. The Kier molecular flexibility index (Phi) is 5.85. The lowest BCUT2D eigenvalue weighted by atomic mass is 10.1. The Hall–Kier alpha value is -1.30. The van der Waals surface area contributed by atoms with E-state index in [9.17, 15) is 0 Å². The minimum atomic E-state index is 0.266. The third-order valence-electron chi connectivity index (χ3n) is 4.04. The number of rotatable bonds is 7. The van der Waals surface area contributed by atoms with Crippen LogP contribution in [0, 0.1) is 0 Å². The monoisotopic (exact) mass is 295 g/mol. The maximum absolute atomic E-state index is 5.51. The molecule has 0 aromatic heterocycles. The third-order valence-corrected chi connectivity index (χ3v) is 4.04. The highest BCUT2D eigenvalue weighted by atomic mass is 16.5. The topological polar surface area (TPSA) is 40.2 Å². The summed E-state index contributed by atoms with van der Waals surface area (Å²) in [6.07, 6.45) is 1.26. The fraction of sp³-hybridized carbons (Fsp3) is 0.625. The van der Waals surface area contributed by atoms with Crippen molar-refractivity contribution in [2.24, 2.45) is 0 Å². The second-order valence-electron chi connectivity index (χ2n) is 5.28. The summed E-state index contributed by atoms with van der Waals surface area (Å²) in [7, 11) is 6.84. The lowest BCUT2D eigenvalue weighted by Gasteiger charge is -2.24. The first-order chi connectivity index (χ1) is 10.2. The van der Waals surface area contributed by atoms with Crippen LogP contribution in [0.25, 0.3) is 0 Å². The number of nitrogens with zero attached hydrogens (tertiary/aromatic N) is 1. The van der Waals surface area contributed by atoms with Crippen molar-refractivity contribution in [2.75, 3.05) is 41.6 Å². The Morgan fingerprint density at radius 2 is 1.95 bits per heavy atom. The van der Waals surface area contributed by atoms with Crippen LogP contribution in [-0.4, -0.2) is 58.6 Å². The van der Waals surface area contributed by atoms with Gasteiger partial charge in [-0.3, -0.25) is 4.90 Å². The lowest BCUT2D eigenvalue weighted by molar-refractivity contribution is 0.105. The van der Waals surface area contributed by atoms with Gasteiger partial charge in [-0.2, -0.15) is 0 Å². The number of methoxy groups -OCH3 is 4. The Labute approximate surface area is 126 Å². The fourth-order valence-electron chi connectivity index (χ4n) is 2.96. The average Bonchev–Trinajstić information content (AvgIpc) is 2.89. The summed E-state index contributed by atoms with van der Waals surface area (Å²) in [5.74, 6) is 1.57. The van der Waals surface area contributed by atoms with Crippen molar-refractivity contribution < 1.29 is 18.9 Å². The average molecular weight is 295 g/mol. The molecule has 0 saturated carbocycles. The summed E-state index contributed by atoms with van der Waals surface area (Å²) < 4.78 is 21.7. The van der Waals surface area contributed by atoms with E-state index < -0.39 is 0 Å². The minimum Gasteiger partial charge on any atom is -0.493 e. The van der Waals surface area contributed by atoms with E-state index in [1.54, 1.807) is 28.4 Å². The molecule has 1 aromatic rings. The van der Waals surface area contributed by atoms with Gasteiger partial charge in [-0.1, -0.05) is 12.1 Å². The molecular formula is C16H25NO4. The molecule has 0 aliphatic carbocycles. The predicted octanol–water partition coefficient (Wildman–Crippen LogP) is 1.94. The molecule has 2 atom stereocenters. The van der Waals surface area contributed by atoms with Gasteiger partial charge in [0.15, 0.2) is 11.5 Å². The Bertz CT molecular complexity index is 452. The Morgan fingerprint density at radius 1 is 1.14 bits per heavy atom. The zero-order valence-corrected chi connectivity index (χ0v) is 13.3. The highest BCUT2D eigenvalue weighted by Crippen LogP contribution is 2.33. The van der Waals surface area contributed by atoms with Gasteiger partial charge >= 0.3 is 0 Å². The molecule has 118 valence electrons. The maximum Gasteiger partial charge on any atom is 0.165 e. The van der Waals surface area contributed by atoms with Crippen LogP contribution in [0.1, 0.15) is 12.0 Å². The van der Waals surface area contributed by atoms with E-state index in [2.05, 4.69) is 11.0 Å². The van der Waals surface area contributed by atoms with Crippen LogP contribution in [0.3, 0.4) is 0 Å². The van der Waals surface area contributed by atoms with Gasteiger partial charge < -0.3 is 18.9 Å². The molecule has 0 N–H and O–H groups in total. The van der Waals surface area contributed by atoms with Gasteiger partial charge in [0.1, 0.15) is 0 Å². The molecule has 0 spiro atoms. The smallest absolute Gasteiger partial charge is 0.165 e. The number of ether oxygens (including phenoxy) is 4. The van der Waals surface area contributed by atoms with Crippen molar-refractivity contribution in [1.82, 2.24) is 4.90 Å². The molecule has 2 rings (SSSR count). The molecule has 1 saturated heterocycles. The molecule has 1 aliphatic heterocycles. The zero-order chi connectivity index (χ0) is 15.2. The van der Waals surface area contributed by atoms with Crippen molar-refractivity contribution in [3.63, 3.8) is 0 Å². The first-order valence-corrected chi connectivity index (χ1v) is 7.19. The first kappa shape index (κ1) is 16.1. The number of hydrogen-bond donors (Lipinski definition) is 0. The van der Waals surface area contributed by atoms with Crippen molar-refractivity contribution >= 4 is 0 Å². The van der Waals surface area contributed by atoms with Crippen molar-refractivity contribution in [3.05, 3.63) is 23.8 Å². The zero-order valence-electron chi connectivity index (χ0n) is 13.3. The van der Waals surface area contributed by atoms with Gasteiger partial charge in [0.25, 0.3) is 0 Å². The molecule has 1 aliphatic rings. The van der Waals surface area contributed by atoms with Crippen LogP contribution < -0.4 is 9.47 Å². The minimum absolute atomic E-state index is 0.266. The van der Waals surface area contributed by atoms with E-state index in [0.717, 1.165) is 36.6 Å². The fourth-order valence-corrected chi connectivity index (χ4v) is 2.96. The van der Waals surface area contributed by atoms with Crippen LogP contribution in [0.2, 0.25) is 0 Å². The molecule has 5 nitrogen and oxygen atoms in total. The lowest BCUT2D eigenvalue weighted by Crippen LogP contribution is -2.32. The molecule has 0 radical (unpaired) electrons. The van der Waals surface area contributed by atoms with Crippen molar-refractivity contribution in [2.45, 2.75) is 25.1 Å². The van der Waals surface area contributed by atoms with Gasteiger partial charge in [0.05, 0.1) is 26.9 Å². The van der Waals surface area contributed by atoms with Gasteiger partial charge in [0, 0.05) is 38.9 Å². The number of para-hydroxylation sites is 1. The maximum atomic E-state index is 5.51. The number of benzene rings is 1. The first-order valence-electron chi connectivity index (χ1n) is 7.19. The van der Waals surface area contributed by atoms with Gasteiger partial charge in [0.2, 0.25) is 0 Å². The Balaban J connectivity index is 2.16. The molecule has 21 heavy (non-hydrogen) atoms. The molecule has 0 amide bonds. The number of likely N-dealkylation sites (tertiary alicyclic amines) is 1. The SMILES string of the molecule is COC[C@@H]1C[C@H](OC)CN1Cc1cccc(OC)c1OC. The summed E-state index contributed by atoms with van der Waals surface area (Å²) >= 11 is 0. The van der Waals surface area contributed by atoms with Gasteiger partial charge in [-0.05, 0) is 12.5 Å². The van der Waals surface area contributed by atoms with E-state index in [0.29, 0.717) is 12.6 Å². The molecule has 1 aromatic carbocycles. The summed E-state index contributed by atoms with van der Waals surface area (Å²) in [4.78, 5) is 2.38. The van der Waals surface area contributed by atoms with Crippen LogP contribution >= 0.6 is 0 Å². The third kappa shape index (κ3) is 3.67. The molecule has 5 heteroatoms. The summed E-state index contributed by atoms with van der Waals surface area (Å²) in [6, 6.07) is 6.35. The van der Waals surface area contributed by atoms with Crippen molar-refractivity contribution in [1.29, 1.82) is 0 Å². The molecule has 0 unspecified atom stereocenters. The van der Waals surface area contributed by atoms with Gasteiger partial charge in [-0.25, -0.2) is 0 Å². The standard InChI is InChI=1S/C16H25NO4/c1-18-11-13-8-14(19-2)10-17(13)9-12-6-5-7-15(20-3)16(12)21-4/h5-7,13-14H,8-11H2,1-4H3/t13-,14-/m0/s1. The molecule has 1 heterocycles. The second-order valence-corrected chi connectivity index (χ2v) is 5.28. The largest absolute Gasteiger partial charge is 0.493 e.